The molecule has 2 heterocycles. The van der Waals surface area contributed by atoms with Gasteiger partial charge in [0.1, 0.15) is 5.75 Å². The van der Waals surface area contributed by atoms with Crippen molar-refractivity contribution >= 4 is 23.0 Å². The number of rotatable bonds is 6. The summed E-state index contributed by atoms with van der Waals surface area (Å²) in [5.74, 6) is 0.849. The maximum atomic E-state index is 5.61. The van der Waals surface area contributed by atoms with Gasteiger partial charge in [-0.1, -0.05) is 12.1 Å². The summed E-state index contributed by atoms with van der Waals surface area (Å²) in [7, 11) is 1.68. The highest BCUT2D eigenvalue weighted by Crippen LogP contribution is 2.21. The van der Waals surface area contributed by atoms with E-state index in [2.05, 4.69) is 21.8 Å². The summed E-state index contributed by atoms with van der Waals surface area (Å²) in [6.07, 6.45) is 2.47. The van der Waals surface area contributed by atoms with Gasteiger partial charge in [-0.2, -0.15) is 5.10 Å². The maximum Gasteiger partial charge on any atom is 0.170 e. The summed E-state index contributed by atoms with van der Waals surface area (Å²) in [6.45, 7) is 6.30. The van der Waals surface area contributed by atoms with Gasteiger partial charge in [-0.05, 0) is 56.6 Å². The van der Waals surface area contributed by atoms with Gasteiger partial charge in [0.25, 0.3) is 0 Å². The number of methoxy groups -OCH3 is 1. The summed E-state index contributed by atoms with van der Waals surface area (Å²) in [5.41, 5.74) is 4.07. The van der Waals surface area contributed by atoms with E-state index in [1.807, 2.05) is 36.7 Å². The van der Waals surface area contributed by atoms with Gasteiger partial charge >= 0.3 is 0 Å². The molecule has 7 heteroatoms. The molecule has 1 aromatic carbocycles. The van der Waals surface area contributed by atoms with Gasteiger partial charge in [0.2, 0.25) is 0 Å². The molecular formula is C19H26N4O2S. The lowest BCUT2D eigenvalue weighted by Gasteiger charge is -2.14. The Morgan fingerprint density at radius 3 is 3.00 bits per heavy atom. The Balaban J connectivity index is 1.64. The van der Waals surface area contributed by atoms with Crippen LogP contribution in [-0.4, -0.2) is 41.3 Å². The van der Waals surface area contributed by atoms with Gasteiger partial charge in [-0.3, -0.25) is 4.68 Å². The van der Waals surface area contributed by atoms with Crippen molar-refractivity contribution in [1.29, 1.82) is 0 Å². The average molecular weight is 375 g/mol. The van der Waals surface area contributed by atoms with Crippen LogP contribution in [0.5, 0.6) is 5.75 Å². The molecule has 0 bridgehead atoms. The van der Waals surface area contributed by atoms with E-state index in [4.69, 9.17) is 21.7 Å². The fourth-order valence-corrected chi connectivity index (χ4v) is 3.33. The highest BCUT2D eigenvalue weighted by molar-refractivity contribution is 7.80. The highest BCUT2D eigenvalue weighted by Gasteiger charge is 2.17. The van der Waals surface area contributed by atoms with Crippen molar-refractivity contribution in [2.75, 3.05) is 25.6 Å². The zero-order chi connectivity index (χ0) is 18.5. The fraction of sp³-hybridized carbons (Fsp3) is 0.474. The summed E-state index contributed by atoms with van der Waals surface area (Å²) >= 11 is 5.43. The van der Waals surface area contributed by atoms with Crippen LogP contribution in [0.4, 0.5) is 5.69 Å². The topological polar surface area (TPSA) is 60.3 Å². The van der Waals surface area contributed by atoms with Crippen molar-refractivity contribution in [2.24, 2.45) is 0 Å². The predicted molar refractivity (Wildman–Crippen MR) is 107 cm³/mol. The third-order valence-electron chi connectivity index (χ3n) is 4.60. The van der Waals surface area contributed by atoms with Crippen molar-refractivity contribution in [3.8, 4) is 5.75 Å². The second kappa shape index (κ2) is 8.51. The summed E-state index contributed by atoms with van der Waals surface area (Å²) in [5, 5.41) is 11.8. The average Bonchev–Trinajstić information content (AvgIpc) is 3.24. The molecular weight excluding hydrogens is 348 g/mol. The van der Waals surface area contributed by atoms with E-state index in [0.717, 1.165) is 54.4 Å². The molecule has 140 valence electrons. The number of ether oxygens (including phenoxy) is 2. The number of aryl methyl sites for hydroxylation is 1. The van der Waals surface area contributed by atoms with E-state index < -0.39 is 0 Å². The number of aromatic nitrogens is 2. The van der Waals surface area contributed by atoms with Crippen LogP contribution in [0.15, 0.2) is 24.3 Å². The van der Waals surface area contributed by atoms with Crippen LogP contribution in [0, 0.1) is 13.8 Å². The maximum absolute atomic E-state index is 5.61. The molecule has 1 fully saturated rings. The number of thiocarbonyl (C=S) groups is 1. The minimum atomic E-state index is 0.257. The van der Waals surface area contributed by atoms with Gasteiger partial charge in [-0.25, -0.2) is 0 Å². The molecule has 0 saturated carbocycles. The molecule has 1 atom stereocenters. The smallest absolute Gasteiger partial charge is 0.170 e. The Kier molecular flexibility index (Phi) is 6.11. The minimum Gasteiger partial charge on any atom is -0.497 e. The first-order valence-electron chi connectivity index (χ1n) is 8.90. The molecule has 2 N–H and O–H groups in total. The molecule has 26 heavy (non-hydrogen) atoms. The third kappa shape index (κ3) is 4.53. The molecule has 0 amide bonds. The molecule has 0 spiro atoms. The van der Waals surface area contributed by atoms with E-state index in [1.165, 1.54) is 0 Å². The number of anilines is 1. The first-order valence-corrected chi connectivity index (χ1v) is 9.31. The summed E-state index contributed by atoms with van der Waals surface area (Å²) in [4.78, 5) is 0. The van der Waals surface area contributed by atoms with Crippen LogP contribution >= 0.6 is 12.2 Å². The predicted octanol–water partition coefficient (Wildman–Crippen LogP) is 3.02. The van der Waals surface area contributed by atoms with Gasteiger partial charge in [0.05, 0.1) is 36.8 Å². The number of hydrogen-bond donors (Lipinski definition) is 2. The third-order valence-corrected chi connectivity index (χ3v) is 4.85. The van der Waals surface area contributed by atoms with E-state index in [0.29, 0.717) is 11.7 Å². The van der Waals surface area contributed by atoms with Crippen molar-refractivity contribution in [2.45, 2.75) is 39.3 Å². The molecule has 1 saturated heterocycles. The largest absolute Gasteiger partial charge is 0.497 e. The van der Waals surface area contributed by atoms with Crippen LogP contribution in [0.3, 0.4) is 0 Å². The Labute approximate surface area is 159 Å². The number of nitrogens with zero attached hydrogens (tertiary/aromatic N) is 2. The Hall–Kier alpha value is -2.12. The van der Waals surface area contributed by atoms with Crippen LogP contribution in [0.1, 0.15) is 29.8 Å². The Bertz CT molecular complexity index is 769. The quantitative estimate of drug-likeness (QED) is 0.758. The van der Waals surface area contributed by atoms with Crippen LogP contribution in [0.25, 0.3) is 0 Å². The van der Waals surface area contributed by atoms with Gasteiger partial charge in [0.15, 0.2) is 5.11 Å². The van der Waals surface area contributed by atoms with E-state index >= 15 is 0 Å². The van der Waals surface area contributed by atoms with E-state index in [9.17, 15) is 0 Å². The normalized spacial score (nSPS) is 16.5. The number of benzene rings is 1. The molecule has 1 aliphatic heterocycles. The SMILES string of the molecule is COc1cccc(Cn2nc(C)c(NC(=S)NCC3CCCO3)c2C)c1. The lowest BCUT2D eigenvalue weighted by atomic mass is 10.2. The number of hydrogen-bond acceptors (Lipinski definition) is 4. The zero-order valence-corrected chi connectivity index (χ0v) is 16.4. The van der Waals surface area contributed by atoms with Gasteiger partial charge < -0.3 is 20.1 Å². The molecule has 2 aromatic rings. The lowest BCUT2D eigenvalue weighted by molar-refractivity contribution is 0.114. The highest BCUT2D eigenvalue weighted by atomic mass is 32.1. The first kappa shape index (κ1) is 18.7. The van der Waals surface area contributed by atoms with Crippen LogP contribution < -0.4 is 15.4 Å². The molecule has 1 unspecified atom stereocenters. The molecule has 3 rings (SSSR count). The van der Waals surface area contributed by atoms with Gasteiger partial charge in [-0.15, -0.1) is 0 Å². The van der Waals surface area contributed by atoms with Gasteiger partial charge in [0, 0.05) is 13.2 Å². The lowest BCUT2D eigenvalue weighted by Crippen LogP contribution is -2.35. The van der Waals surface area contributed by atoms with Crippen LogP contribution in [-0.2, 0) is 11.3 Å². The Morgan fingerprint density at radius 1 is 1.42 bits per heavy atom. The summed E-state index contributed by atoms with van der Waals surface area (Å²) in [6, 6.07) is 8.02. The standard InChI is InChI=1S/C19H26N4O2S/c1-13-18(21-19(26)20-11-17-8-5-9-25-17)14(2)23(22-13)12-15-6-4-7-16(10-15)24-3/h4,6-7,10,17H,5,8-9,11-12H2,1-3H3,(H2,20,21,26). The Morgan fingerprint density at radius 2 is 2.27 bits per heavy atom. The first-order chi connectivity index (χ1) is 12.6. The van der Waals surface area contributed by atoms with Crippen molar-refractivity contribution < 1.29 is 9.47 Å². The second-order valence-corrected chi connectivity index (χ2v) is 6.93. The van der Waals surface area contributed by atoms with Crippen molar-refractivity contribution in [1.82, 2.24) is 15.1 Å². The second-order valence-electron chi connectivity index (χ2n) is 6.53. The van der Waals surface area contributed by atoms with Crippen molar-refractivity contribution in [3.63, 3.8) is 0 Å². The van der Waals surface area contributed by atoms with E-state index in [-0.39, 0.29) is 6.10 Å². The zero-order valence-electron chi connectivity index (χ0n) is 15.5. The molecule has 1 aromatic heterocycles. The molecule has 6 nitrogen and oxygen atoms in total. The van der Waals surface area contributed by atoms with Crippen LogP contribution in [0.2, 0.25) is 0 Å². The van der Waals surface area contributed by atoms with E-state index in [1.54, 1.807) is 7.11 Å². The molecule has 0 radical (unpaired) electrons. The fourth-order valence-electron chi connectivity index (χ4n) is 3.15. The number of nitrogens with one attached hydrogen (secondary N) is 2. The monoisotopic (exact) mass is 374 g/mol. The summed E-state index contributed by atoms with van der Waals surface area (Å²) < 4.78 is 12.9. The molecule has 1 aliphatic rings. The van der Waals surface area contributed by atoms with Crippen molar-refractivity contribution in [3.05, 3.63) is 41.2 Å². The minimum absolute atomic E-state index is 0.257. The molecule has 0 aliphatic carbocycles.